The van der Waals surface area contributed by atoms with Crippen LogP contribution in [-0.2, 0) is 0 Å². The van der Waals surface area contributed by atoms with E-state index in [2.05, 4.69) is 5.16 Å². The lowest BCUT2D eigenvalue weighted by Gasteiger charge is -1.94. The molecule has 0 heterocycles. The second-order valence-corrected chi connectivity index (χ2v) is 2.24. The molecule has 0 bridgehead atoms. The predicted octanol–water partition coefficient (Wildman–Crippen LogP) is 2.07. The van der Waals surface area contributed by atoms with Crippen molar-refractivity contribution in [2.75, 3.05) is 11.8 Å². The van der Waals surface area contributed by atoms with E-state index in [1.54, 1.807) is 0 Å². The fraction of sp³-hybridized carbons (Fsp3) is 0.800. The first-order chi connectivity index (χ1) is 4.35. The van der Waals surface area contributed by atoms with Gasteiger partial charge in [-0.05, 0) is 12.8 Å². The first kappa shape index (κ1) is 9.05. The number of oxime groups is 1. The lowest BCUT2D eigenvalue weighted by atomic mass is 10.2. The molecule has 0 aliphatic carbocycles. The molecular weight excluding hydrogens is 161 g/mol. The van der Waals surface area contributed by atoms with Gasteiger partial charge in [0.15, 0.2) is 0 Å². The van der Waals surface area contributed by atoms with Crippen LogP contribution in [0.25, 0.3) is 0 Å². The second-order valence-electron chi connectivity index (χ2n) is 1.59. The molecule has 54 valence electrons. The molecule has 0 rings (SSSR count). The topological polar surface area (TPSA) is 32.6 Å². The standard InChI is InChI=1S/C5H9Cl2NO/c6-3-1-2-5(4-7)8-9/h9H,1-4H2. The highest BCUT2D eigenvalue weighted by Crippen LogP contribution is 1.96. The smallest absolute Gasteiger partial charge is 0.0718 e. The van der Waals surface area contributed by atoms with Crippen LogP contribution >= 0.6 is 23.2 Å². The van der Waals surface area contributed by atoms with Gasteiger partial charge < -0.3 is 5.21 Å². The van der Waals surface area contributed by atoms with E-state index in [0.29, 0.717) is 18.0 Å². The lowest BCUT2D eigenvalue weighted by molar-refractivity contribution is 0.317. The van der Waals surface area contributed by atoms with Crippen molar-refractivity contribution in [2.45, 2.75) is 12.8 Å². The molecule has 1 N–H and O–H groups in total. The summed E-state index contributed by atoms with van der Waals surface area (Å²) < 4.78 is 0. The first-order valence-corrected chi connectivity index (χ1v) is 3.73. The highest BCUT2D eigenvalue weighted by atomic mass is 35.5. The zero-order chi connectivity index (χ0) is 7.11. The molecule has 0 amide bonds. The zero-order valence-electron chi connectivity index (χ0n) is 4.98. The molecule has 0 aliphatic heterocycles. The van der Waals surface area contributed by atoms with Crippen molar-refractivity contribution in [1.82, 2.24) is 0 Å². The molecule has 0 aromatic carbocycles. The van der Waals surface area contributed by atoms with E-state index < -0.39 is 0 Å². The van der Waals surface area contributed by atoms with Gasteiger partial charge in [0, 0.05) is 5.88 Å². The van der Waals surface area contributed by atoms with Crippen molar-refractivity contribution >= 4 is 28.9 Å². The fourth-order valence-corrected chi connectivity index (χ4v) is 0.735. The molecule has 0 aliphatic rings. The van der Waals surface area contributed by atoms with Crippen molar-refractivity contribution in [3.05, 3.63) is 0 Å². The highest BCUT2D eigenvalue weighted by Gasteiger charge is 1.95. The molecule has 0 aromatic rings. The van der Waals surface area contributed by atoms with E-state index in [4.69, 9.17) is 28.4 Å². The average molecular weight is 170 g/mol. The minimum absolute atomic E-state index is 0.285. The van der Waals surface area contributed by atoms with Crippen LogP contribution in [0.3, 0.4) is 0 Å². The Hall–Kier alpha value is 0.0500. The minimum Gasteiger partial charge on any atom is -0.411 e. The van der Waals surface area contributed by atoms with E-state index in [-0.39, 0.29) is 5.88 Å². The maximum absolute atomic E-state index is 8.21. The summed E-state index contributed by atoms with van der Waals surface area (Å²) in [5.41, 5.74) is 0.595. The fourth-order valence-electron chi connectivity index (χ4n) is 0.414. The molecule has 0 unspecified atom stereocenters. The van der Waals surface area contributed by atoms with Gasteiger partial charge in [-0.1, -0.05) is 5.16 Å². The minimum atomic E-state index is 0.285. The molecule has 0 atom stereocenters. The van der Waals surface area contributed by atoms with Crippen molar-refractivity contribution in [2.24, 2.45) is 5.16 Å². The van der Waals surface area contributed by atoms with Crippen LogP contribution in [0.4, 0.5) is 0 Å². The Morgan fingerprint density at radius 1 is 1.44 bits per heavy atom. The van der Waals surface area contributed by atoms with Gasteiger partial charge in [0.05, 0.1) is 11.6 Å². The Balaban J connectivity index is 3.33. The van der Waals surface area contributed by atoms with E-state index >= 15 is 0 Å². The summed E-state index contributed by atoms with van der Waals surface area (Å²) in [7, 11) is 0. The molecule has 0 radical (unpaired) electrons. The van der Waals surface area contributed by atoms with E-state index in [1.807, 2.05) is 0 Å². The van der Waals surface area contributed by atoms with Gasteiger partial charge in [-0.3, -0.25) is 0 Å². The van der Waals surface area contributed by atoms with Crippen LogP contribution in [-0.4, -0.2) is 22.7 Å². The zero-order valence-corrected chi connectivity index (χ0v) is 6.49. The summed E-state index contributed by atoms with van der Waals surface area (Å²) in [6.45, 7) is 0. The van der Waals surface area contributed by atoms with Gasteiger partial charge in [0.25, 0.3) is 0 Å². The van der Waals surface area contributed by atoms with Crippen LogP contribution in [0.5, 0.6) is 0 Å². The third-order valence-electron chi connectivity index (χ3n) is 0.895. The summed E-state index contributed by atoms with van der Waals surface area (Å²) in [6.07, 6.45) is 1.50. The van der Waals surface area contributed by atoms with E-state index in [9.17, 15) is 0 Å². The largest absolute Gasteiger partial charge is 0.411 e. The number of hydrogen-bond acceptors (Lipinski definition) is 2. The summed E-state index contributed by atoms with van der Waals surface area (Å²) in [4.78, 5) is 0. The summed E-state index contributed by atoms with van der Waals surface area (Å²) in [5, 5.41) is 11.2. The van der Waals surface area contributed by atoms with Crippen LogP contribution in [0.1, 0.15) is 12.8 Å². The number of nitrogens with zero attached hydrogens (tertiary/aromatic N) is 1. The number of rotatable bonds is 4. The number of alkyl halides is 2. The van der Waals surface area contributed by atoms with Gasteiger partial charge in [-0.2, -0.15) is 0 Å². The van der Waals surface area contributed by atoms with Crippen LogP contribution in [0, 0.1) is 0 Å². The molecule has 2 nitrogen and oxygen atoms in total. The maximum Gasteiger partial charge on any atom is 0.0718 e. The van der Waals surface area contributed by atoms with Crippen LogP contribution in [0.15, 0.2) is 5.16 Å². The van der Waals surface area contributed by atoms with Crippen LogP contribution < -0.4 is 0 Å². The molecule has 0 aromatic heterocycles. The Bertz CT molecular complexity index is 95.0. The Labute approximate surface area is 64.4 Å². The average Bonchev–Trinajstić information content (AvgIpc) is 1.91. The Morgan fingerprint density at radius 3 is 2.44 bits per heavy atom. The lowest BCUT2D eigenvalue weighted by Crippen LogP contribution is -1.99. The van der Waals surface area contributed by atoms with E-state index in [0.717, 1.165) is 6.42 Å². The molecular formula is C5H9Cl2NO. The van der Waals surface area contributed by atoms with Crippen molar-refractivity contribution in [1.29, 1.82) is 0 Å². The number of hydrogen-bond donors (Lipinski definition) is 1. The molecule has 4 heteroatoms. The number of halogens is 2. The van der Waals surface area contributed by atoms with Gasteiger partial charge in [0.2, 0.25) is 0 Å². The quantitative estimate of drug-likeness (QED) is 0.298. The van der Waals surface area contributed by atoms with E-state index in [1.165, 1.54) is 0 Å². The molecule has 0 fully saturated rings. The molecule has 9 heavy (non-hydrogen) atoms. The highest BCUT2D eigenvalue weighted by molar-refractivity contribution is 6.28. The summed E-state index contributed by atoms with van der Waals surface area (Å²) in [5.74, 6) is 0.864. The van der Waals surface area contributed by atoms with Crippen molar-refractivity contribution in [3.8, 4) is 0 Å². The van der Waals surface area contributed by atoms with Gasteiger partial charge in [0.1, 0.15) is 0 Å². The Morgan fingerprint density at radius 2 is 2.11 bits per heavy atom. The van der Waals surface area contributed by atoms with Gasteiger partial charge >= 0.3 is 0 Å². The maximum atomic E-state index is 8.21. The van der Waals surface area contributed by atoms with Crippen molar-refractivity contribution in [3.63, 3.8) is 0 Å². The summed E-state index contributed by atoms with van der Waals surface area (Å²) >= 11 is 10.7. The normalized spacial score (nSPS) is 12.0. The van der Waals surface area contributed by atoms with Gasteiger partial charge in [-0.15, -0.1) is 23.2 Å². The monoisotopic (exact) mass is 169 g/mol. The predicted molar refractivity (Wildman–Crippen MR) is 39.9 cm³/mol. The van der Waals surface area contributed by atoms with Gasteiger partial charge in [-0.25, -0.2) is 0 Å². The molecule has 0 saturated carbocycles. The van der Waals surface area contributed by atoms with Crippen molar-refractivity contribution < 1.29 is 5.21 Å². The third-order valence-corrected chi connectivity index (χ3v) is 1.47. The molecule has 0 spiro atoms. The first-order valence-electron chi connectivity index (χ1n) is 2.67. The summed E-state index contributed by atoms with van der Waals surface area (Å²) in [6, 6.07) is 0. The molecule has 0 saturated heterocycles. The second kappa shape index (κ2) is 6.17. The SMILES string of the molecule is ON=C(CCl)CCCCl. The third kappa shape index (κ3) is 4.55. The van der Waals surface area contributed by atoms with Crippen LogP contribution in [0.2, 0.25) is 0 Å². The Kier molecular flexibility index (Phi) is 6.21.